The lowest BCUT2D eigenvalue weighted by Crippen LogP contribution is -2.43. The Kier molecular flexibility index (Phi) is 4.59. The van der Waals surface area contributed by atoms with Crippen molar-refractivity contribution in [1.82, 2.24) is 4.90 Å². The molecule has 1 aromatic heterocycles. The van der Waals surface area contributed by atoms with Gasteiger partial charge in [-0.25, -0.2) is 0 Å². The van der Waals surface area contributed by atoms with Crippen LogP contribution in [0.3, 0.4) is 0 Å². The number of nitrogens with zero attached hydrogens (tertiary/aromatic N) is 1. The van der Waals surface area contributed by atoms with Crippen LogP contribution in [0.5, 0.6) is 5.75 Å². The first-order valence-electron chi connectivity index (χ1n) is 9.15. The molecule has 4 rings (SSSR count). The second-order valence-electron chi connectivity index (χ2n) is 7.20. The number of fused-ring (bicyclic) bond motifs is 1. The van der Waals surface area contributed by atoms with Crippen LogP contribution in [0, 0.1) is 11.3 Å². The van der Waals surface area contributed by atoms with Crippen LogP contribution in [0.15, 0.2) is 24.3 Å². The summed E-state index contributed by atoms with van der Waals surface area (Å²) in [6, 6.07) is 9.17. The SMILES string of the molecule is COc1ccc2cc(C(=N)C3CCCN(C4CCCC4)C3)sc2c1. The summed E-state index contributed by atoms with van der Waals surface area (Å²) in [6.45, 7) is 2.32. The first-order chi connectivity index (χ1) is 11.7. The molecule has 1 aliphatic carbocycles. The van der Waals surface area contributed by atoms with Crippen molar-refractivity contribution in [3.05, 3.63) is 29.1 Å². The maximum absolute atomic E-state index is 8.77. The van der Waals surface area contributed by atoms with Crippen LogP contribution >= 0.6 is 11.3 Å². The quantitative estimate of drug-likeness (QED) is 0.800. The van der Waals surface area contributed by atoms with Crippen molar-refractivity contribution in [2.24, 2.45) is 5.92 Å². The van der Waals surface area contributed by atoms with Gasteiger partial charge in [-0.3, -0.25) is 4.90 Å². The third-order valence-electron chi connectivity index (χ3n) is 5.69. The first kappa shape index (κ1) is 16.1. The Morgan fingerprint density at radius 3 is 2.79 bits per heavy atom. The van der Waals surface area contributed by atoms with Crippen LogP contribution in [0.2, 0.25) is 0 Å². The third kappa shape index (κ3) is 3.09. The lowest BCUT2D eigenvalue weighted by Gasteiger charge is -2.36. The summed E-state index contributed by atoms with van der Waals surface area (Å²) in [6.07, 6.45) is 7.91. The maximum Gasteiger partial charge on any atom is 0.120 e. The fraction of sp³-hybridized carbons (Fsp3) is 0.550. The van der Waals surface area contributed by atoms with E-state index in [-0.39, 0.29) is 0 Å². The Labute approximate surface area is 148 Å². The number of piperidine rings is 1. The van der Waals surface area contributed by atoms with Gasteiger partial charge in [0, 0.05) is 28.1 Å². The number of methoxy groups -OCH3 is 1. The van der Waals surface area contributed by atoms with Crippen LogP contribution in [0.25, 0.3) is 10.1 Å². The Bertz CT molecular complexity index is 732. The third-order valence-corrected chi connectivity index (χ3v) is 6.83. The first-order valence-corrected chi connectivity index (χ1v) is 9.96. The van der Waals surface area contributed by atoms with Crippen molar-refractivity contribution in [1.29, 1.82) is 5.41 Å². The van der Waals surface area contributed by atoms with Crippen molar-refractivity contribution < 1.29 is 4.74 Å². The summed E-state index contributed by atoms with van der Waals surface area (Å²) in [4.78, 5) is 3.81. The van der Waals surface area contributed by atoms with E-state index in [9.17, 15) is 0 Å². The van der Waals surface area contributed by atoms with E-state index in [1.165, 1.54) is 55.2 Å². The average Bonchev–Trinajstić information content (AvgIpc) is 3.30. The molecule has 2 fully saturated rings. The highest BCUT2D eigenvalue weighted by atomic mass is 32.1. The summed E-state index contributed by atoms with van der Waals surface area (Å²) in [5.41, 5.74) is 0.845. The standard InChI is InChI=1S/C20H26N2OS/c1-23-17-9-8-14-11-19(24-18(14)12-17)20(21)15-5-4-10-22(13-15)16-6-2-3-7-16/h8-9,11-12,15-16,21H,2-7,10,13H2,1H3. The molecule has 0 radical (unpaired) electrons. The van der Waals surface area contributed by atoms with Crippen LogP contribution in [0.4, 0.5) is 0 Å². The molecule has 2 heterocycles. The highest BCUT2D eigenvalue weighted by Crippen LogP contribution is 2.33. The summed E-state index contributed by atoms with van der Waals surface area (Å²) in [7, 11) is 1.71. The highest BCUT2D eigenvalue weighted by molar-refractivity contribution is 7.20. The molecule has 0 bridgehead atoms. The number of hydrogen-bond donors (Lipinski definition) is 1. The summed E-state index contributed by atoms with van der Waals surface area (Å²) in [5, 5.41) is 9.99. The molecule has 24 heavy (non-hydrogen) atoms. The van der Waals surface area contributed by atoms with Gasteiger partial charge in [-0.15, -0.1) is 11.3 Å². The molecule has 2 aromatic rings. The van der Waals surface area contributed by atoms with E-state index in [2.05, 4.69) is 23.1 Å². The minimum Gasteiger partial charge on any atom is -0.497 e. The van der Waals surface area contributed by atoms with E-state index < -0.39 is 0 Å². The predicted octanol–water partition coefficient (Wildman–Crippen LogP) is 4.93. The second kappa shape index (κ2) is 6.85. The predicted molar refractivity (Wildman–Crippen MR) is 102 cm³/mol. The minimum absolute atomic E-state index is 0.398. The smallest absolute Gasteiger partial charge is 0.120 e. The van der Waals surface area contributed by atoms with Gasteiger partial charge in [0.15, 0.2) is 0 Å². The van der Waals surface area contributed by atoms with Crippen LogP contribution < -0.4 is 4.74 Å². The molecule has 1 saturated carbocycles. The zero-order valence-corrected chi connectivity index (χ0v) is 15.2. The normalized spacial score (nSPS) is 23.0. The molecule has 1 unspecified atom stereocenters. The zero-order chi connectivity index (χ0) is 16.5. The zero-order valence-electron chi connectivity index (χ0n) is 14.4. The molecule has 3 nitrogen and oxygen atoms in total. The molecule has 4 heteroatoms. The molecule has 128 valence electrons. The largest absolute Gasteiger partial charge is 0.497 e. The van der Waals surface area contributed by atoms with E-state index in [0.717, 1.165) is 28.9 Å². The molecule has 1 N–H and O–H groups in total. The van der Waals surface area contributed by atoms with E-state index in [1.807, 2.05) is 6.07 Å². The van der Waals surface area contributed by atoms with Crippen molar-refractivity contribution in [3.8, 4) is 5.75 Å². The fourth-order valence-corrected chi connectivity index (χ4v) is 5.43. The van der Waals surface area contributed by atoms with Gasteiger partial charge >= 0.3 is 0 Å². The Balaban J connectivity index is 1.52. The van der Waals surface area contributed by atoms with Crippen molar-refractivity contribution >= 4 is 27.1 Å². The number of hydrogen-bond acceptors (Lipinski definition) is 4. The van der Waals surface area contributed by atoms with E-state index in [4.69, 9.17) is 10.1 Å². The van der Waals surface area contributed by atoms with Gasteiger partial charge in [0.1, 0.15) is 5.75 Å². The Morgan fingerprint density at radius 1 is 1.17 bits per heavy atom. The summed E-state index contributed by atoms with van der Waals surface area (Å²) >= 11 is 1.74. The lowest BCUT2D eigenvalue weighted by atomic mass is 9.91. The number of nitrogens with one attached hydrogen (secondary N) is 1. The van der Waals surface area contributed by atoms with Gasteiger partial charge < -0.3 is 10.1 Å². The maximum atomic E-state index is 8.77. The Morgan fingerprint density at radius 2 is 2.00 bits per heavy atom. The molecule has 2 aliphatic rings. The van der Waals surface area contributed by atoms with Crippen molar-refractivity contribution in [3.63, 3.8) is 0 Å². The van der Waals surface area contributed by atoms with Gasteiger partial charge in [-0.05, 0) is 61.9 Å². The molecule has 0 spiro atoms. The van der Waals surface area contributed by atoms with Crippen LogP contribution in [0.1, 0.15) is 43.4 Å². The summed E-state index contributed by atoms with van der Waals surface area (Å²) < 4.78 is 6.55. The molecule has 1 saturated heterocycles. The number of likely N-dealkylation sites (tertiary alicyclic amines) is 1. The number of thiophene rings is 1. The van der Waals surface area contributed by atoms with Crippen molar-refractivity contribution in [2.75, 3.05) is 20.2 Å². The van der Waals surface area contributed by atoms with Gasteiger partial charge in [0.2, 0.25) is 0 Å². The van der Waals surface area contributed by atoms with Gasteiger partial charge in [-0.1, -0.05) is 12.8 Å². The monoisotopic (exact) mass is 342 g/mol. The molecule has 1 aromatic carbocycles. The second-order valence-corrected chi connectivity index (χ2v) is 8.28. The number of benzene rings is 1. The lowest BCUT2D eigenvalue weighted by molar-refractivity contribution is 0.147. The van der Waals surface area contributed by atoms with E-state index in [0.29, 0.717) is 5.92 Å². The fourth-order valence-electron chi connectivity index (χ4n) is 4.32. The molecule has 1 aliphatic heterocycles. The number of ether oxygens (including phenoxy) is 1. The van der Waals surface area contributed by atoms with Crippen molar-refractivity contribution in [2.45, 2.75) is 44.6 Å². The van der Waals surface area contributed by atoms with Gasteiger partial charge in [-0.2, -0.15) is 0 Å². The van der Waals surface area contributed by atoms with Gasteiger partial charge in [0.25, 0.3) is 0 Å². The highest BCUT2D eigenvalue weighted by Gasteiger charge is 2.30. The topological polar surface area (TPSA) is 36.3 Å². The van der Waals surface area contributed by atoms with E-state index >= 15 is 0 Å². The summed E-state index contributed by atoms with van der Waals surface area (Å²) in [5.74, 6) is 1.29. The number of rotatable bonds is 4. The van der Waals surface area contributed by atoms with Crippen LogP contribution in [-0.2, 0) is 0 Å². The molecular formula is C20H26N2OS. The molecular weight excluding hydrogens is 316 g/mol. The molecule has 0 amide bonds. The van der Waals surface area contributed by atoms with E-state index in [1.54, 1.807) is 18.4 Å². The average molecular weight is 343 g/mol. The van der Waals surface area contributed by atoms with Gasteiger partial charge in [0.05, 0.1) is 12.8 Å². The van der Waals surface area contributed by atoms with Crippen LogP contribution in [-0.4, -0.2) is 36.9 Å². The Hall–Kier alpha value is -1.39. The minimum atomic E-state index is 0.398. The molecule has 1 atom stereocenters.